The lowest BCUT2D eigenvalue weighted by atomic mass is 10.1. The molecule has 1 aromatic heterocycles. The fourth-order valence-corrected chi connectivity index (χ4v) is 3.10. The van der Waals surface area contributed by atoms with Gasteiger partial charge in [0.2, 0.25) is 5.89 Å². The number of esters is 1. The fraction of sp³-hybridized carbons (Fsp3) is 0.750. The number of hydrogen-bond acceptors (Lipinski definition) is 6. The number of ether oxygens (including phenoxy) is 1. The van der Waals surface area contributed by atoms with Crippen LogP contribution >= 0.6 is 11.8 Å². The zero-order valence-corrected chi connectivity index (χ0v) is 11.5. The minimum Gasteiger partial charge on any atom is -0.465 e. The van der Waals surface area contributed by atoms with Crippen LogP contribution in [0.2, 0.25) is 0 Å². The Morgan fingerprint density at radius 3 is 3.11 bits per heavy atom. The van der Waals surface area contributed by atoms with Gasteiger partial charge < -0.3 is 9.26 Å². The van der Waals surface area contributed by atoms with Crippen LogP contribution in [0.3, 0.4) is 0 Å². The van der Waals surface area contributed by atoms with E-state index in [1.165, 1.54) is 12.8 Å². The number of hydrogen-bond donors (Lipinski definition) is 0. The van der Waals surface area contributed by atoms with Gasteiger partial charge in [-0.2, -0.15) is 16.7 Å². The van der Waals surface area contributed by atoms with Crippen LogP contribution < -0.4 is 0 Å². The second-order valence-electron chi connectivity index (χ2n) is 4.32. The van der Waals surface area contributed by atoms with Crippen molar-refractivity contribution < 1.29 is 14.1 Å². The summed E-state index contributed by atoms with van der Waals surface area (Å²) in [6, 6.07) is 0. The Bertz CT molecular complexity index is 402. The van der Waals surface area contributed by atoms with Crippen molar-refractivity contribution in [1.29, 1.82) is 0 Å². The fourth-order valence-electron chi connectivity index (χ4n) is 1.87. The summed E-state index contributed by atoms with van der Waals surface area (Å²) in [5.41, 5.74) is 0. The molecule has 1 fully saturated rings. The number of carbonyl (C=O) groups excluding carboxylic acids is 1. The molecule has 0 amide bonds. The molecule has 1 aliphatic rings. The highest BCUT2D eigenvalue weighted by molar-refractivity contribution is 7.99. The lowest BCUT2D eigenvalue weighted by Gasteiger charge is -2.17. The molecule has 1 aromatic rings. The molecule has 1 aliphatic heterocycles. The third-order valence-electron chi connectivity index (χ3n) is 2.94. The van der Waals surface area contributed by atoms with Crippen LogP contribution in [0, 0.1) is 0 Å². The minimum absolute atomic E-state index is 0.311. The number of rotatable bonds is 4. The van der Waals surface area contributed by atoms with Crippen LogP contribution in [0.4, 0.5) is 0 Å². The molecular weight excluding hydrogens is 252 g/mol. The van der Waals surface area contributed by atoms with E-state index in [1.807, 2.05) is 11.8 Å². The molecule has 0 saturated carbocycles. The Hall–Kier alpha value is -1.04. The van der Waals surface area contributed by atoms with Crippen molar-refractivity contribution in [2.45, 2.75) is 44.3 Å². The van der Waals surface area contributed by atoms with E-state index in [0.717, 1.165) is 12.2 Å². The molecule has 6 heteroatoms. The molecule has 0 radical (unpaired) electrons. The van der Waals surface area contributed by atoms with Crippen LogP contribution in [0.15, 0.2) is 4.52 Å². The van der Waals surface area contributed by atoms with Gasteiger partial charge in [0.1, 0.15) is 5.92 Å². The normalized spacial score (nSPS) is 21.6. The molecule has 0 bridgehead atoms. The van der Waals surface area contributed by atoms with E-state index in [9.17, 15) is 4.79 Å². The van der Waals surface area contributed by atoms with Gasteiger partial charge in [0.05, 0.1) is 11.9 Å². The molecule has 100 valence electrons. The summed E-state index contributed by atoms with van der Waals surface area (Å²) < 4.78 is 10.1. The largest absolute Gasteiger partial charge is 0.465 e. The van der Waals surface area contributed by atoms with E-state index in [1.54, 1.807) is 13.8 Å². The van der Waals surface area contributed by atoms with Crippen molar-refractivity contribution in [2.24, 2.45) is 0 Å². The molecule has 2 rings (SSSR count). The van der Waals surface area contributed by atoms with Crippen LogP contribution in [0.25, 0.3) is 0 Å². The third kappa shape index (κ3) is 3.04. The van der Waals surface area contributed by atoms with Gasteiger partial charge in [-0.15, -0.1) is 0 Å². The van der Waals surface area contributed by atoms with Gasteiger partial charge >= 0.3 is 5.97 Å². The maximum absolute atomic E-state index is 11.6. The highest BCUT2D eigenvalue weighted by atomic mass is 32.2. The second-order valence-corrected chi connectivity index (χ2v) is 5.63. The van der Waals surface area contributed by atoms with Crippen LogP contribution in [-0.2, 0) is 9.53 Å². The van der Waals surface area contributed by atoms with Gasteiger partial charge in [0.25, 0.3) is 0 Å². The smallest absolute Gasteiger partial charge is 0.318 e. The highest BCUT2D eigenvalue weighted by Gasteiger charge is 2.26. The van der Waals surface area contributed by atoms with Gasteiger partial charge in [-0.3, -0.25) is 4.79 Å². The van der Waals surface area contributed by atoms with Gasteiger partial charge in [-0.1, -0.05) is 11.6 Å². The summed E-state index contributed by atoms with van der Waals surface area (Å²) in [5, 5.41) is 4.30. The molecule has 2 atom stereocenters. The first-order valence-corrected chi connectivity index (χ1v) is 7.39. The van der Waals surface area contributed by atoms with Gasteiger partial charge in [-0.05, 0) is 32.4 Å². The molecular formula is C12H18N2O3S. The van der Waals surface area contributed by atoms with Gasteiger partial charge in [-0.25, -0.2) is 0 Å². The first kappa shape index (κ1) is 13.4. The van der Waals surface area contributed by atoms with E-state index in [2.05, 4.69) is 10.1 Å². The Labute approximate surface area is 111 Å². The van der Waals surface area contributed by atoms with Gasteiger partial charge in [0.15, 0.2) is 5.82 Å². The van der Waals surface area contributed by atoms with Crippen molar-refractivity contribution in [1.82, 2.24) is 10.1 Å². The van der Waals surface area contributed by atoms with E-state index < -0.39 is 5.92 Å². The van der Waals surface area contributed by atoms with Crippen molar-refractivity contribution in [2.75, 3.05) is 12.4 Å². The quantitative estimate of drug-likeness (QED) is 0.784. The van der Waals surface area contributed by atoms with Crippen LogP contribution in [0.1, 0.15) is 56.0 Å². The minimum atomic E-state index is -0.486. The summed E-state index contributed by atoms with van der Waals surface area (Å²) in [6.07, 6.45) is 3.54. The molecule has 0 N–H and O–H groups in total. The number of carbonyl (C=O) groups is 1. The van der Waals surface area contributed by atoms with Crippen molar-refractivity contribution >= 4 is 17.7 Å². The molecule has 0 aliphatic carbocycles. The standard InChI is InChI=1S/C12H18N2O3S/c1-3-16-12(15)8(2)11-13-10(14-17-11)9-6-4-5-7-18-9/h8-9H,3-7H2,1-2H3. The summed E-state index contributed by atoms with van der Waals surface area (Å²) in [4.78, 5) is 15.9. The van der Waals surface area contributed by atoms with E-state index >= 15 is 0 Å². The van der Waals surface area contributed by atoms with Crippen molar-refractivity contribution in [3.63, 3.8) is 0 Å². The van der Waals surface area contributed by atoms with Gasteiger partial charge in [0, 0.05) is 0 Å². The lowest BCUT2D eigenvalue weighted by Crippen LogP contribution is -2.13. The Morgan fingerprint density at radius 2 is 2.44 bits per heavy atom. The topological polar surface area (TPSA) is 65.2 Å². The SMILES string of the molecule is CCOC(=O)C(C)c1nc(C2CCCCS2)no1. The predicted octanol–water partition coefficient (Wildman–Crippen LogP) is 2.69. The number of aromatic nitrogens is 2. The molecule has 1 saturated heterocycles. The average molecular weight is 270 g/mol. The third-order valence-corrected chi connectivity index (χ3v) is 4.31. The molecule has 5 nitrogen and oxygen atoms in total. The number of nitrogens with zero attached hydrogens (tertiary/aromatic N) is 2. The lowest BCUT2D eigenvalue weighted by molar-refractivity contribution is -0.145. The van der Waals surface area contributed by atoms with E-state index in [0.29, 0.717) is 23.6 Å². The number of thioether (sulfide) groups is 1. The monoisotopic (exact) mass is 270 g/mol. The van der Waals surface area contributed by atoms with Crippen molar-refractivity contribution in [3.05, 3.63) is 11.7 Å². The summed E-state index contributed by atoms with van der Waals surface area (Å²) in [5.74, 6) is 1.41. The average Bonchev–Trinajstić information content (AvgIpc) is 2.89. The highest BCUT2D eigenvalue weighted by Crippen LogP contribution is 2.37. The van der Waals surface area contributed by atoms with E-state index in [-0.39, 0.29) is 5.97 Å². The zero-order valence-electron chi connectivity index (χ0n) is 10.7. The predicted molar refractivity (Wildman–Crippen MR) is 68.4 cm³/mol. The summed E-state index contributed by atoms with van der Waals surface area (Å²) in [6.45, 7) is 3.87. The summed E-state index contributed by atoms with van der Waals surface area (Å²) in [7, 11) is 0. The molecule has 0 aromatic carbocycles. The first-order valence-electron chi connectivity index (χ1n) is 6.34. The molecule has 0 spiro atoms. The molecule has 2 heterocycles. The maximum Gasteiger partial charge on any atom is 0.318 e. The summed E-state index contributed by atoms with van der Waals surface area (Å²) >= 11 is 1.86. The Balaban J connectivity index is 2.02. The van der Waals surface area contributed by atoms with Crippen LogP contribution in [0.5, 0.6) is 0 Å². The Kier molecular flexibility index (Phi) is 4.63. The molecule has 2 unspecified atom stereocenters. The van der Waals surface area contributed by atoms with Crippen molar-refractivity contribution in [3.8, 4) is 0 Å². The zero-order chi connectivity index (χ0) is 13.0. The van der Waals surface area contributed by atoms with Crippen LogP contribution in [-0.4, -0.2) is 28.5 Å². The Morgan fingerprint density at radius 1 is 1.61 bits per heavy atom. The molecule has 18 heavy (non-hydrogen) atoms. The first-order chi connectivity index (χ1) is 8.72. The second kappa shape index (κ2) is 6.22. The maximum atomic E-state index is 11.6. The van der Waals surface area contributed by atoms with E-state index in [4.69, 9.17) is 9.26 Å².